The van der Waals surface area contributed by atoms with Gasteiger partial charge in [0.1, 0.15) is 6.42 Å². The van der Waals surface area contributed by atoms with Gasteiger partial charge in [0.2, 0.25) is 11.8 Å². The fourth-order valence-corrected chi connectivity index (χ4v) is 3.96. The number of nitrogens with one attached hydrogen (secondary N) is 2. The average Bonchev–Trinajstić information content (AvgIpc) is 3.08. The molecule has 0 saturated carbocycles. The highest BCUT2D eigenvalue weighted by Gasteiger charge is 2.15. The SMILES string of the molecule is CCOc1cc(/C=N\NC(=O)CC(=O)N/N=C\c2ccc(OC(=O)c3ccccc3)c(OCC)c2)ccc1OC(=O)c1ccccc1. The molecule has 0 radical (unpaired) electrons. The Morgan fingerprint density at radius 3 is 1.36 bits per heavy atom. The maximum atomic E-state index is 12.4. The summed E-state index contributed by atoms with van der Waals surface area (Å²) in [4.78, 5) is 49.3. The Morgan fingerprint density at radius 2 is 0.979 bits per heavy atom. The number of hydrogen-bond donors (Lipinski definition) is 2. The highest BCUT2D eigenvalue weighted by molar-refractivity contribution is 5.97. The van der Waals surface area contributed by atoms with E-state index >= 15 is 0 Å². The zero-order valence-electron chi connectivity index (χ0n) is 25.7. The van der Waals surface area contributed by atoms with Gasteiger partial charge in [-0.15, -0.1) is 0 Å². The second-order valence-electron chi connectivity index (χ2n) is 9.55. The van der Waals surface area contributed by atoms with Crippen molar-refractivity contribution in [2.24, 2.45) is 10.2 Å². The van der Waals surface area contributed by atoms with E-state index in [4.69, 9.17) is 18.9 Å². The summed E-state index contributed by atoms with van der Waals surface area (Å²) in [5.74, 6) is -1.30. The molecule has 2 amide bonds. The van der Waals surface area contributed by atoms with Gasteiger partial charge in [-0.2, -0.15) is 10.2 Å². The highest BCUT2D eigenvalue weighted by Crippen LogP contribution is 2.30. The van der Waals surface area contributed by atoms with Crippen molar-refractivity contribution in [3.63, 3.8) is 0 Å². The largest absolute Gasteiger partial charge is 0.490 e. The van der Waals surface area contributed by atoms with Crippen LogP contribution in [0.4, 0.5) is 0 Å². The Hall–Kier alpha value is -6.30. The number of rotatable bonds is 14. The predicted octanol–water partition coefficient (Wildman–Crippen LogP) is 4.91. The van der Waals surface area contributed by atoms with Gasteiger partial charge in [-0.05, 0) is 85.6 Å². The first-order valence-corrected chi connectivity index (χ1v) is 14.6. The van der Waals surface area contributed by atoms with Gasteiger partial charge in [0.25, 0.3) is 0 Å². The van der Waals surface area contributed by atoms with Crippen molar-refractivity contribution in [1.29, 1.82) is 0 Å². The Labute approximate surface area is 271 Å². The fraction of sp³-hybridized carbons (Fsp3) is 0.143. The lowest BCUT2D eigenvalue weighted by atomic mass is 10.2. The van der Waals surface area contributed by atoms with Crippen LogP contribution >= 0.6 is 0 Å². The summed E-state index contributed by atoms with van der Waals surface area (Å²) in [5, 5.41) is 7.76. The first-order chi connectivity index (χ1) is 22.9. The zero-order valence-corrected chi connectivity index (χ0v) is 25.7. The van der Waals surface area contributed by atoms with Crippen LogP contribution in [0.2, 0.25) is 0 Å². The molecule has 4 rings (SSSR count). The lowest BCUT2D eigenvalue weighted by Crippen LogP contribution is -2.27. The molecule has 12 heteroatoms. The molecule has 0 aliphatic rings. The molecule has 12 nitrogen and oxygen atoms in total. The van der Waals surface area contributed by atoms with E-state index in [0.717, 1.165) is 0 Å². The van der Waals surface area contributed by atoms with E-state index in [0.29, 0.717) is 47.0 Å². The zero-order chi connectivity index (χ0) is 33.4. The minimum Gasteiger partial charge on any atom is -0.490 e. The molecule has 47 heavy (non-hydrogen) atoms. The number of benzene rings is 4. The number of carbonyl (C=O) groups is 4. The van der Waals surface area contributed by atoms with Gasteiger partial charge in [-0.25, -0.2) is 20.4 Å². The summed E-state index contributed by atoms with van der Waals surface area (Å²) in [6.07, 6.45) is 2.18. The monoisotopic (exact) mass is 636 g/mol. The van der Waals surface area contributed by atoms with Crippen molar-refractivity contribution in [1.82, 2.24) is 10.9 Å². The van der Waals surface area contributed by atoms with E-state index in [-0.39, 0.29) is 11.5 Å². The topological polar surface area (TPSA) is 154 Å². The van der Waals surface area contributed by atoms with Crippen LogP contribution in [0.1, 0.15) is 52.1 Å². The number of hydrogen-bond acceptors (Lipinski definition) is 10. The third-order valence-corrected chi connectivity index (χ3v) is 6.09. The molecule has 0 aliphatic carbocycles. The number of ether oxygens (including phenoxy) is 4. The van der Waals surface area contributed by atoms with Crippen LogP contribution in [-0.4, -0.2) is 49.4 Å². The van der Waals surface area contributed by atoms with E-state index in [2.05, 4.69) is 21.1 Å². The second-order valence-corrected chi connectivity index (χ2v) is 9.55. The van der Waals surface area contributed by atoms with Crippen LogP contribution in [-0.2, 0) is 9.59 Å². The number of esters is 2. The average molecular weight is 637 g/mol. The van der Waals surface area contributed by atoms with Crippen LogP contribution in [0.25, 0.3) is 0 Å². The molecule has 240 valence electrons. The Kier molecular flexibility index (Phi) is 12.3. The summed E-state index contributed by atoms with van der Waals surface area (Å²) in [5.41, 5.74) is 6.45. The Balaban J connectivity index is 1.27. The van der Waals surface area contributed by atoms with Gasteiger partial charge in [0.05, 0.1) is 36.8 Å². The van der Waals surface area contributed by atoms with Crippen molar-refractivity contribution in [3.8, 4) is 23.0 Å². The maximum Gasteiger partial charge on any atom is 0.343 e. The molecule has 4 aromatic carbocycles. The highest BCUT2D eigenvalue weighted by atomic mass is 16.6. The summed E-state index contributed by atoms with van der Waals surface area (Å²) >= 11 is 0. The molecule has 0 spiro atoms. The molecular formula is C35H32N4O8. The van der Waals surface area contributed by atoms with Gasteiger partial charge in [0, 0.05) is 0 Å². The quantitative estimate of drug-likeness (QED) is 0.0651. The summed E-state index contributed by atoms with van der Waals surface area (Å²) in [6.45, 7) is 4.24. The third-order valence-electron chi connectivity index (χ3n) is 6.09. The molecule has 0 unspecified atom stereocenters. The maximum absolute atomic E-state index is 12.4. The molecule has 0 heterocycles. The minimum absolute atomic E-state index is 0.232. The van der Waals surface area contributed by atoms with E-state index in [1.807, 2.05) is 0 Å². The van der Waals surface area contributed by atoms with Crippen LogP contribution in [0.15, 0.2) is 107 Å². The van der Waals surface area contributed by atoms with E-state index < -0.39 is 30.2 Å². The number of hydrazone groups is 2. The van der Waals surface area contributed by atoms with Crippen molar-refractivity contribution < 1.29 is 38.1 Å². The van der Waals surface area contributed by atoms with Crippen molar-refractivity contribution in [2.75, 3.05) is 13.2 Å². The van der Waals surface area contributed by atoms with E-state index in [1.165, 1.54) is 12.4 Å². The minimum atomic E-state index is -0.671. The lowest BCUT2D eigenvalue weighted by molar-refractivity contribution is -0.129. The smallest absolute Gasteiger partial charge is 0.343 e. The first-order valence-electron chi connectivity index (χ1n) is 14.6. The third kappa shape index (κ3) is 10.4. The number of carbonyl (C=O) groups excluding carboxylic acids is 4. The van der Waals surface area contributed by atoms with Crippen molar-refractivity contribution >= 4 is 36.2 Å². The molecule has 0 aliphatic heterocycles. The first kappa shape index (κ1) is 33.6. The van der Waals surface area contributed by atoms with E-state index in [1.54, 1.807) is 111 Å². The number of amides is 2. The lowest BCUT2D eigenvalue weighted by Gasteiger charge is -2.11. The fourth-order valence-electron chi connectivity index (χ4n) is 3.96. The van der Waals surface area contributed by atoms with Gasteiger partial charge >= 0.3 is 11.9 Å². The van der Waals surface area contributed by atoms with Crippen molar-refractivity contribution in [3.05, 3.63) is 119 Å². The standard InChI is InChI=1S/C35H32N4O8/c1-3-44-30-19-24(15-17-28(30)46-34(42)26-11-7-5-8-12-26)22-36-38-32(40)21-33(41)39-37-23-25-16-18-29(31(20-25)45-4-2)47-35(43)27-13-9-6-10-14-27/h5-20,22-23H,3-4,21H2,1-2H3,(H,38,40)(H,39,41)/b36-22-,37-23-. The van der Waals surface area contributed by atoms with Crippen LogP contribution in [0.5, 0.6) is 23.0 Å². The van der Waals surface area contributed by atoms with E-state index in [9.17, 15) is 19.2 Å². The van der Waals surface area contributed by atoms with Crippen LogP contribution < -0.4 is 29.8 Å². The van der Waals surface area contributed by atoms with Gasteiger partial charge < -0.3 is 18.9 Å². The van der Waals surface area contributed by atoms with Gasteiger partial charge in [-0.3, -0.25) is 9.59 Å². The molecule has 0 saturated heterocycles. The number of nitrogens with zero attached hydrogens (tertiary/aromatic N) is 2. The predicted molar refractivity (Wildman–Crippen MR) is 174 cm³/mol. The molecule has 0 atom stereocenters. The molecule has 0 aromatic heterocycles. The molecule has 2 N–H and O–H groups in total. The Morgan fingerprint density at radius 1 is 0.574 bits per heavy atom. The summed E-state index contributed by atoms with van der Waals surface area (Å²) in [6, 6.07) is 26.7. The molecule has 0 fully saturated rings. The van der Waals surface area contributed by atoms with Gasteiger partial charge in [0.15, 0.2) is 23.0 Å². The second kappa shape index (κ2) is 17.3. The summed E-state index contributed by atoms with van der Waals surface area (Å²) in [7, 11) is 0. The normalized spacial score (nSPS) is 10.8. The molecule has 4 aromatic rings. The molecule has 0 bridgehead atoms. The summed E-state index contributed by atoms with van der Waals surface area (Å²) < 4.78 is 22.2. The molecular weight excluding hydrogens is 604 g/mol. The van der Waals surface area contributed by atoms with Crippen LogP contribution in [0, 0.1) is 0 Å². The van der Waals surface area contributed by atoms with Gasteiger partial charge in [-0.1, -0.05) is 36.4 Å². The van der Waals surface area contributed by atoms with Crippen molar-refractivity contribution in [2.45, 2.75) is 20.3 Å². The van der Waals surface area contributed by atoms with Crippen LogP contribution in [0.3, 0.4) is 0 Å². The Bertz CT molecular complexity index is 1630.